The minimum absolute atomic E-state index is 0.0839. The Morgan fingerprint density at radius 3 is 2.33 bits per heavy atom. The highest BCUT2D eigenvalue weighted by Gasteiger charge is 2.37. The summed E-state index contributed by atoms with van der Waals surface area (Å²) in [5.74, 6) is 0.0444. The monoisotopic (exact) mass is 387 g/mol. The number of carbonyl (C=O) groups excluding carboxylic acids is 1. The first-order chi connectivity index (χ1) is 12.5. The molecule has 0 bridgehead atoms. The van der Waals surface area contributed by atoms with Crippen LogP contribution in [0.3, 0.4) is 0 Å². The van der Waals surface area contributed by atoms with Crippen molar-refractivity contribution in [1.29, 1.82) is 0 Å². The van der Waals surface area contributed by atoms with Crippen LogP contribution in [-0.2, 0) is 17.1 Å². The molecule has 0 saturated carbocycles. The van der Waals surface area contributed by atoms with Crippen molar-refractivity contribution in [3.8, 4) is 5.75 Å². The van der Waals surface area contributed by atoms with Crippen molar-refractivity contribution < 1.29 is 35.9 Å². The molecule has 0 aromatic heterocycles. The molecule has 0 radical (unpaired) electrons. The Labute approximate surface area is 149 Å². The summed E-state index contributed by atoms with van der Waals surface area (Å²) < 4.78 is 82.7. The van der Waals surface area contributed by atoms with E-state index >= 15 is 0 Å². The molecule has 1 N–H and O–H groups in total. The van der Waals surface area contributed by atoms with Crippen LogP contribution >= 0.6 is 0 Å². The topological polar surface area (TPSA) is 38.3 Å². The van der Waals surface area contributed by atoms with E-state index in [9.17, 15) is 31.1 Å². The van der Waals surface area contributed by atoms with Gasteiger partial charge < -0.3 is 10.1 Å². The number of hydrogen-bond donors (Lipinski definition) is 1. The predicted molar refractivity (Wildman–Crippen MR) is 85.9 cm³/mol. The van der Waals surface area contributed by atoms with Gasteiger partial charge in [-0.25, -0.2) is 0 Å². The van der Waals surface area contributed by atoms with Crippen molar-refractivity contribution in [2.45, 2.75) is 12.4 Å². The van der Waals surface area contributed by atoms with E-state index < -0.39 is 29.0 Å². The second-order valence-corrected chi connectivity index (χ2v) is 5.72. The van der Waals surface area contributed by atoms with Crippen molar-refractivity contribution in [3.63, 3.8) is 0 Å². The van der Waals surface area contributed by atoms with Gasteiger partial charge in [0.1, 0.15) is 5.75 Å². The lowest BCUT2D eigenvalue weighted by Crippen LogP contribution is -2.25. The maximum atomic E-state index is 13.1. The highest BCUT2D eigenvalue weighted by molar-refractivity contribution is 5.95. The Morgan fingerprint density at radius 1 is 0.926 bits per heavy atom. The summed E-state index contributed by atoms with van der Waals surface area (Å²) in [6.45, 7) is -0.136. The van der Waals surface area contributed by atoms with Gasteiger partial charge in [0.25, 0.3) is 5.91 Å². The molecule has 142 valence electrons. The second kappa shape index (κ2) is 6.64. The molecule has 0 atom stereocenters. The Balaban J connectivity index is 1.95. The van der Waals surface area contributed by atoms with Gasteiger partial charge in [-0.1, -0.05) is 24.3 Å². The number of fused-ring (bicyclic) bond motifs is 1. The van der Waals surface area contributed by atoms with Gasteiger partial charge in [-0.2, -0.15) is 26.3 Å². The van der Waals surface area contributed by atoms with Crippen LogP contribution < -0.4 is 10.1 Å². The van der Waals surface area contributed by atoms with Crippen LogP contribution in [0, 0.1) is 0 Å². The average molecular weight is 387 g/mol. The number of carbonyl (C=O) groups is 1. The first kappa shape index (κ1) is 18.8. The maximum absolute atomic E-state index is 13.1. The maximum Gasteiger partial charge on any atom is 0.417 e. The van der Waals surface area contributed by atoms with Crippen LogP contribution in [0.2, 0.25) is 0 Å². The molecule has 0 fully saturated rings. The second-order valence-electron chi connectivity index (χ2n) is 5.72. The number of rotatable bonds is 2. The van der Waals surface area contributed by atoms with Crippen molar-refractivity contribution >= 4 is 23.7 Å². The first-order valence-corrected chi connectivity index (χ1v) is 7.57. The highest BCUT2D eigenvalue weighted by atomic mass is 19.4. The lowest BCUT2D eigenvalue weighted by Gasteiger charge is -2.18. The normalized spacial score (nSPS) is 14.7. The van der Waals surface area contributed by atoms with Gasteiger partial charge in [-0.15, -0.1) is 0 Å². The third-order valence-electron chi connectivity index (χ3n) is 3.78. The Bertz CT molecular complexity index is 915. The van der Waals surface area contributed by atoms with Gasteiger partial charge in [-0.05, 0) is 35.4 Å². The molecule has 0 unspecified atom stereocenters. The summed E-state index contributed by atoms with van der Waals surface area (Å²) in [6, 6.07) is 6.01. The minimum Gasteiger partial charge on any atom is -0.482 e. The molecule has 3 nitrogen and oxygen atoms in total. The highest BCUT2D eigenvalue weighted by Crippen LogP contribution is 2.38. The Morgan fingerprint density at radius 2 is 1.67 bits per heavy atom. The molecular weight excluding hydrogens is 376 g/mol. The van der Waals surface area contributed by atoms with E-state index in [4.69, 9.17) is 4.74 Å². The first-order valence-electron chi connectivity index (χ1n) is 7.57. The van der Waals surface area contributed by atoms with E-state index in [1.807, 2.05) is 0 Å². The molecule has 1 aliphatic rings. The van der Waals surface area contributed by atoms with Crippen LogP contribution in [0.4, 0.5) is 32.0 Å². The van der Waals surface area contributed by atoms with Crippen LogP contribution in [0.25, 0.3) is 12.2 Å². The molecule has 0 spiro atoms. The summed E-state index contributed by atoms with van der Waals surface area (Å²) in [5.41, 5.74) is -2.37. The van der Waals surface area contributed by atoms with Gasteiger partial charge in [0.2, 0.25) is 0 Å². The molecular formula is C18H11F6NO2. The lowest BCUT2D eigenvalue weighted by molar-refractivity contribution is -0.143. The van der Waals surface area contributed by atoms with Gasteiger partial charge >= 0.3 is 12.4 Å². The zero-order valence-corrected chi connectivity index (χ0v) is 13.4. The number of alkyl halides is 6. The molecule has 2 aromatic rings. The van der Waals surface area contributed by atoms with Crippen LogP contribution in [-0.4, -0.2) is 12.5 Å². The molecule has 3 rings (SSSR count). The van der Waals surface area contributed by atoms with E-state index in [2.05, 4.69) is 5.32 Å². The van der Waals surface area contributed by atoms with Gasteiger partial charge in [0.05, 0.1) is 16.8 Å². The summed E-state index contributed by atoms with van der Waals surface area (Å²) in [7, 11) is 0. The van der Waals surface area contributed by atoms with Gasteiger partial charge in [0, 0.05) is 0 Å². The molecule has 27 heavy (non-hydrogen) atoms. The van der Waals surface area contributed by atoms with Crippen molar-refractivity contribution in [3.05, 3.63) is 58.7 Å². The van der Waals surface area contributed by atoms with E-state index in [-0.39, 0.29) is 18.6 Å². The van der Waals surface area contributed by atoms with E-state index in [1.54, 1.807) is 6.07 Å². The summed E-state index contributed by atoms with van der Waals surface area (Å²) in [6.07, 6.45) is -7.45. The molecule has 1 amide bonds. The summed E-state index contributed by atoms with van der Waals surface area (Å²) in [5, 5.41) is 2.56. The van der Waals surface area contributed by atoms with Crippen LogP contribution in [0.15, 0.2) is 36.4 Å². The van der Waals surface area contributed by atoms with E-state index in [0.717, 1.165) is 12.1 Å². The third-order valence-corrected chi connectivity index (χ3v) is 3.78. The fraction of sp³-hybridized carbons (Fsp3) is 0.167. The zero-order valence-electron chi connectivity index (χ0n) is 13.4. The third kappa shape index (κ3) is 4.24. The van der Waals surface area contributed by atoms with E-state index in [0.29, 0.717) is 23.1 Å². The number of benzene rings is 2. The fourth-order valence-corrected chi connectivity index (χ4v) is 2.51. The lowest BCUT2D eigenvalue weighted by atomic mass is 10.0. The molecule has 0 aliphatic carbocycles. The number of nitrogens with one attached hydrogen (secondary N) is 1. The van der Waals surface area contributed by atoms with Gasteiger partial charge in [0.15, 0.2) is 6.61 Å². The quantitative estimate of drug-likeness (QED) is 0.566. The fourth-order valence-electron chi connectivity index (χ4n) is 2.51. The molecule has 2 aromatic carbocycles. The molecule has 0 saturated heterocycles. The van der Waals surface area contributed by atoms with Gasteiger partial charge in [-0.3, -0.25) is 4.79 Å². The van der Waals surface area contributed by atoms with Crippen LogP contribution in [0.5, 0.6) is 5.75 Å². The largest absolute Gasteiger partial charge is 0.482 e. The van der Waals surface area contributed by atoms with Crippen molar-refractivity contribution in [1.82, 2.24) is 0 Å². The standard InChI is InChI=1S/C18H11F6NO2/c19-17(20,21)12-5-4-11(13(8-12)18(22,23)24)3-1-10-2-6-15-14(7-10)25-16(26)9-27-15/h1-8H,9H2,(H,25,26)/b3-1+. The molecule has 9 heteroatoms. The predicted octanol–water partition coefficient (Wildman–Crippen LogP) is 5.23. The smallest absolute Gasteiger partial charge is 0.417 e. The number of hydrogen-bond acceptors (Lipinski definition) is 2. The minimum atomic E-state index is -4.95. The number of anilines is 1. The zero-order chi connectivity index (χ0) is 19.8. The Hall–Kier alpha value is -2.97. The molecule has 1 aliphatic heterocycles. The van der Waals surface area contributed by atoms with E-state index in [1.165, 1.54) is 18.2 Å². The van der Waals surface area contributed by atoms with Crippen molar-refractivity contribution in [2.24, 2.45) is 0 Å². The number of amides is 1. The average Bonchev–Trinajstić information content (AvgIpc) is 2.57. The Kier molecular flexibility index (Phi) is 4.63. The SMILES string of the molecule is O=C1COc2ccc(/C=C/c3ccc(C(F)(F)F)cc3C(F)(F)F)cc2N1. The number of halogens is 6. The van der Waals surface area contributed by atoms with Crippen LogP contribution in [0.1, 0.15) is 22.3 Å². The summed E-state index contributed by atoms with van der Waals surface area (Å²) in [4.78, 5) is 11.3. The number of ether oxygens (including phenoxy) is 1. The summed E-state index contributed by atoms with van der Waals surface area (Å²) >= 11 is 0. The molecule has 1 heterocycles. The van der Waals surface area contributed by atoms with Crippen molar-refractivity contribution in [2.75, 3.05) is 11.9 Å².